The molecule has 232 valence electrons. The lowest BCUT2D eigenvalue weighted by Crippen LogP contribution is -2.59. The Bertz CT molecular complexity index is 1700. The topological polar surface area (TPSA) is 135 Å². The van der Waals surface area contributed by atoms with E-state index < -0.39 is 45.9 Å². The van der Waals surface area contributed by atoms with E-state index >= 15 is 0 Å². The van der Waals surface area contributed by atoms with Gasteiger partial charge in [0.25, 0.3) is 5.91 Å². The third-order valence-corrected chi connectivity index (χ3v) is 9.33. The first-order chi connectivity index (χ1) is 21.0. The Kier molecular flexibility index (Phi) is 9.59. The number of nitrogens with zero attached hydrogens (tertiary/aromatic N) is 2. The highest BCUT2D eigenvalue weighted by atomic mass is 35.5. The zero-order valence-electron chi connectivity index (χ0n) is 24.1. The molecule has 0 radical (unpaired) electrons. The molecule has 0 bridgehead atoms. The Hall–Kier alpha value is -3.51. The molecule has 1 aliphatic carbocycles. The minimum atomic E-state index is -3.60. The van der Waals surface area contributed by atoms with E-state index in [1.54, 1.807) is 59.5 Å². The zero-order chi connectivity index (χ0) is 31.6. The van der Waals surface area contributed by atoms with E-state index in [1.165, 1.54) is 13.2 Å². The number of esters is 1. The van der Waals surface area contributed by atoms with Crippen LogP contribution in [0.4, 0.5) is 0 Å². The molecular formula is C31H32Cl2N4O6S. The molecule has 0 saturated heterocycles. The van der Waals surface area contributed by atoms with Crippen molar-refractivity contribution in [3.05, 3.63) is 98.8 Å². The van der Waals surface area contributed by atoms with Gasteiger partial charge in [0.1, 0.15) is 5.69 Å². The molecule has 1 aliphatic heterocycles. The first kappa shape index (κ1) is 31.9. The smallest absolute Gasteiger partial charge is 0.356 e. The van der Waals surface area contributed by atoms with Gasteiger partial charge in [0.2, 0.25) is 15.9 Å². The summed E-state index contributed by atoms with van der Waals surface area (Å²) in [5.41, 5.74) is 1.91. The van der Waals surface area contributed by atoms with Crippen LogP contribution in [0.1, 0.15) is 75.3 Å². The number of fused-ring (bicyclic) bond motifs is 1. The maximum Gasteiger partial charge on any atom is 0.356 e. The molecular weight excluding hydrogens is 627 g/mol. The van der Waals surface area contributed by atoms with Crippen LogP contribution in [-0.4, -0.2) is 61.5 Å². The number of pyridine rings is 1. The summed E-state index contributed by atoms with van der Waals surface area (Å²) < 4.78 is 32.3. The average Bonchev–Trinajstić information content (AvgIpc) is 2.99. The molecule has 1 fully saturated rings. The van der Waals surface area contributed by atoms with Crippen molar-refractivity contribution < 1.29 is 27.5 Å². The molecule has 2 aromatic carbocycles. The van der Waals surface area contributed by atoms with Crippen molar-refractivity contribution in [2.75, 3.05) is 13.4 Å². The zero-order valence-corrected chi connectivity index (χ0v) is 26.5. The fraction of sp³-hybridized carbons (Fsp3) is 0.355. The van der Waals surface area contributed by atoms with Gasteiger partial charge in [-0.05, 0) is 54.3 Å². The van der Waals surface area contributed by atoms with E-state index in [0.29, 0.717) is 40.2 Å². The largest absolute Gasteiger partial charge is 0.464 e. The number of methoxy groups -OCH3 is 1. The third kappa shape index (κ3) is 6.76. The molecule has 1 saturated carbocycles. The minimum Gasteiger partial charge on any atom is -0.464 e. The number of carbonyl (C=O) groups excluding carboxylic acids is 3. The van der Waals surface area contributed by atoms with E-state index in [9.17, 15) is 22.8 Å². The number of amides is 2. The molecule has 4 atom stereocenters. The number of sulfonamides is 1. The average molecular weight is 660 g/mol. The Morgan fingerprint density at radius 1 is 1.02 bits per heavy atom. The van der Waals surface area contributed by atoms with Gasteiger partial charge in [-0.15, -0.1) is 0 Å². The van der Waals surface area contributed by atoms with Crippen molar-refractivity contribution >= 4 is 51.0 Å². The lowest BCUT2D eigenvalue weighted by molar-refractivity contribution is -0.124. The maximum absolute atomic E-state index is 14.4. The van der Waals surface area contributed by atoms with E-state index in [1.807, 2.05) is 0 Å². The fourth-order valence-electron chi connectivity index (χ4n) is 6.21. The summed E-state index contributed by atoms with van der Waals surface area (Å²) in [6.07, 6.45) is 3.72. The van der Waals surface area contributed by atoms with Gasteiger partial charge in [0.15, 0.2) is 0 Å². The van der Waals surface area contributed by atoms with Crippen LogP contribution in [0.2, 0.25) is 10.0 Å². The van der Waals surface area contributed by atoms with E-state index in [2.05, 4.69) is 15.0 Å². The highest BCUT2D eigenvalue weighted by Crippen LogP contribution is 2.47. The van der Waals surface area contributed by atoms with Crippen LogP contribution < -0.4 is 10.0 Å². The fourth-order valence-corrected chi connectivity index (χ4v) is 7.56. The Morgan fingerprint density at radius 2 is 1.77 bits per heavy atom. The Morgan fingerprint density at radius 3 is 2.50 bits per heavy atom. The highest BCUT2D eigenvalue weighted by molar-refractivity contribution is 7.88. The summed E-state index contributed by atoms with van der Waals surface area (Å²) in [5.74, 6) is -2.25. The van der Waals surface area contributed by atoms with Gasteiger partial charge in [-0.3, -0.25) is 9.59 Å². The van der Waals surface area contributed by atoms with Gasteiger partial charge in [0, 0.05) is 27.7 Å². The molecule has 2 N–H and O–H groups in total. The highest BCUT2D eigenvalue weighted by Gasteiger charge is 2.49. The van der Waals surface area contributed by atoms with Gasteiger partial charge in [0.05, 0.1) is 37.6 Å². The molecule has 5 rings (SSSR count). The summed E-state index contributed by atoms with van der Waals surface area (Å²) in [5, 5.41) is 3.60. The minimum absolute atomic E-state index is 0.000954. The van der Waals surface area contributed by atoms with Gasteiger partial charge in [-0.1, -0.05) is 66.4 Å². The lowest BCUT2D eigenvalue weighted by atomic mass is 9.76. The summed E-state index contributed by atoms with van der Waals surface area (Å²) in [7, 11) is -2.34. The normalized spacial score (nSPS) is 21.8. The van der Waals surface area contributed by atoms with Crippen LogP contribution in [-0.2, 0) is 26.1 Å². The van der Waals surface area contributed by atoms with Crippen LogP contribution in [0, 0.1) is 0 Å². The number of hydrogen-bond acceptors (Lipinski definition) is 7. The number of benzene rings is 2. The van der Waals surface area contributed by atoms with Gasteiger partial charge < -0.3 is 15.0 Å². The van der Waals surface area contributed by atoms with Crippen LogP contribution in [0.25, 0.3) is 0 Å². The number of halogens is 2. The van der Waals surface area contributed by atoms with E-state index in [-0.39, 0.29) is 23.2 Å². The molecule has 2 aliphatic rings. The summed E-state index contributed by atoms with van der Waals surface area (Å²) in [4.78, 5) is 46.6. The van der Waals surface area contributed by atoms with E-state index in [0.717, 1.165) is 19.1 Å². The van der Waals surface area contributed by atoms with E-state index in [4.69, 9.17) is 27.9 Å². The second-order valence-corrected chi connectivity index (χ2v) is 13.6. The lowest BCUT2D eigenvalue weighted by Gasteiger charge is -2.49. The number of nitrogens with one attached hydrogen (secondary N) is 2. The van der Waals surface area contributed by atoms with Crippen LogP contribution in [0.5, 0.6) is 0 Å². The van der Waals surface area contributed by atoms with Crippen molar-refractivity contribution in [1.82, 2.24) is 19.9 Å². The summed E-state index contributed by atoms with van der Waals surface area (Å²) >= 11 is 13.0. The third-order valence-electron chi connectivity index (χ3n) is 8.04. The molecule has 13 heteroatoms. The van der Waals surface area contributed by atoms with Crippen LogP contribution in [0.15, 0.2) is 60.7 Å². The number of rotatable bonds is 8. The monoisotopic (exact) mass is 658 g/mol. The van der Waals surface area contributed by atoms with Crippen molar-refractivity contribution in [2.45, 2.75) is 56.3 Å². The number of aromatic nitrogens is 1. The van der Waals surface area contributed by atoms with Gasteiger partial charge in [-0.25, -0.2) is 22.9 Å². The maximum atomic E-state index is 14.4. The number of ether oxygens (including phenoxy) is 1. The second-order valence-electron chi connectivity index (χ2n) is 11.0. The molecule has 0 unspecified atom stereocenters. The molecule has 10 nitrogen and oxygen atoms in total. The Labute approximate surface area is 266 Å². The summed E-state index contributed by atoms with van der Waals surface area (Å²) in [6.45, 7) is -0.000954. The number of carbonyl (C=O) groups is 3. The van der Waals surface area contributed by atoms with Crippen LogP contribution >= 0.6 is 23.2 Å². The van der Waals surface area contributed by atoms with Crippen molar-refractivity contribution in [2.24, 2.45) is 0 Å². The molecule has 0 spiro atoms. The first-order valence-electron chi connectivity index (χ1n) is 14.1. The van der Waals surface area contributed by atoms with Gasteiger partial charge >= 0.3 is 5.97 Å². The summed E-state index contributed by atoms with van der Waals surface area (Å²) in [6, 6.07) is 14.7. The van der Waals surface area contributed by atoms with Crippen molar-refractivity contribution in [3.63, 3.8) is 0 Å². The molecule has 2 heterocycles. The standard InChI is InChI=1S/C31H32Cl2N4O6S/c1-43-31(40)25-12-7-8-19(35-25)17-34-29(38)27-20-9-3-4-10-21(20)30(39)37(28(27)22-15-14-18(32)16-23(22)33)26-13-6-5-11-24(26)36-44(2,41)42/h3-4,7-10,12,14-16,24,26-28,36H,5-6,11,13,17H2,1-2H3,(H,34,38)/t24-,26-,27+,28-/m0/s1. The van der Waals surface area contributed by atoms with Crippen LogP contribution in [0.3, 0.4) is 0 Å². The molecule has 3 aromatic rings. The quantitative estimate of drug-likeness (QED) is 0.337. The SMILES string of the molecule is COC(=O)c1cccc(CNC(=O)[C@@H]2c3ccccc3C(=O)N([C@H]3CCCC[C@@H]3NS(C)(=O)=O)[C@H]2c2ccc(Cl)cc2Cl)n1. The molecule has 1 aromatic heterocycles. The number of hydrogen-bond donors (Lipinski definition) is 2. The van der Waals surface area contributed by atoms with Crippen molar-refractivity contribution in [3.8, 4) is 0 Å². The van der Waals surface area contributed by atoms with Gasteiger partial charge in [-0.2, -0.15) is 0 Å². The predicted octanol–water partition coefficient (Wildman–Crippen LogP) is 4.63. The molecule has 44 heavy (non-hydrogen) atoms. The molecule has 2 amide bonds. The second kappa shape index (κ2) is 13.2. The van der Waals surface area contributed by atoms with Crippen molar-refractivity contribution in [1.29, 1.82) is 0 Å². The first-order valence-corrected chi connectivity index (χ1v) is 16.8. The predicted molar refractivity (Wildman–Crippen MR) is 166 cm³/mol. The Balaban J connectivity index is 1.61.